The molecule has 90 valence electrons. The van der Waals surface area contributed by atoms with Crippen molar-refractivity contribution in [3.63, 3.8) is 0 Å². The average Bonchev–Trinajstić information content (AvgIpc) is 2.73. The lowest BCUT2D eigenvalue weighted by molar-refractivity contribution is -0.141. The number of hydrogen-bond acceptors (Lipinski definition) is 2. The summed E-state index contributed by atoms with van der Waals surface area (Å²) in [6.45, 7) is -0.213. The molecule has 1 aromatic carbocycles. The highest BCUT2D eigenvalue weighted by Gasteiger charge is 2.36. The van der Waals surface area contributed by atoms with E-state index < -0.39 is 11.9 Å². The van der Waals surface area contributed by atoms with Gasteiger partial charge in [-0.1, -0.05) is 30.3 Å². The van der Waals surface area contributed by atoms with Crippen molar-refractivity contribution in [2.75, 3.05) is 0 Å². The lowest BCUT2D eigenvalue weighted by Crippen LogP contribution is -2.11. The summed E-state index contributed by atoms with van der Waals surface area (Å²) in [5.41, 5.74) is 5.34. The topological polar surface area (TPSA) is 54.7 Å². The molecule has 0 aliphatic rings. The summed E-state index contributed by atoms with van der Waals surface area (Å²) in [5, 5.41) is 5.71. The Morgan fingerprint density at radius 1 is 1.18 bits per heavy atom. The van der Waals surface area contributed by atoms with Gasteiger partial charge in [0.1, 0.15) is 5.69 Å². The first kappa shape index (κ1) is 11.7. The second kappa shape index (κ2) is 4.21. The fourth-order valence-electron chi connectivity index (χ4n) is 1.63. The second-order valence-corrected chi connectivity index (χ2v) is 3.49. The number of benzene rings is 1. The molecule has 0 amide bonds. The van der Waals surface area contributed by atoms with E-state index in [0.29, 0.717) is 5.56 Å². The van der Waals surface area contributed by atoms with E-state index in [1.807, 2.05) is 5.10 Å². The predicted molar refractivity (Wildman–Crippen MR) is 56.9 cm³/mol. The van der Waals surface area contributed by atoms with E-state index in [0.717, 1.165) is 0 Å². The highest BCUT2D eigenvalue weighted by atomic mass is 19.4. The number of nitrogens with one attached hydrogen (secondary N) is 1. The van der Waals surface area contributed by atoms with Crippen molar-refractivity contribution in [2.24, 2.45) is 5.73 Å². The molecule has 0 fully saturated rings. The van der Waals surface area contributed by atoms with Gasteiger partial charge < -0.3 is 5.73 Å². The third-order valence-electron chi connectivity index (χ3n) is 2.40. The first-order chi connectivity index (χ1) is 8.04. The zero-order chi connectivity index (χ0) is 12.5. The van der Waals surface area contributed by atoms with Crippen molar-refractivity contribution in [2.45, 2.75) is 12.7 Å². The van der Waals surface area contributed by atoms with Gasteiger partial charge in [0.2, 0.25) is 0 Å². The van der Waals surface area contributed by atoms with Crippen molar-refractivity contribution >= 4 is 0 Å². The average molecular weight is 241 g/mol. The fraction of sp³-hybridized carbons (Fsp3) is 0.182. The summed E-state index contributed by atoms with van der Waals surface area (Å²) in [6, 6.07) is 8.63. The van der Waals surface area contributed by atoms with Crippen LogP contribution >= 0.6 is 0 Å². The van der Waals surface area contributed by atoms with Gasteiger partial charge >= 0.3 is 6.18 Å². The summed E-state index contributed by atoms with van der Waals surface area (Å²) in [5.74, 6) is 0. The normalized spacial score (nSPS) is 11.8. The van der Waals surface area contributed by atoms with Crippen LogP contribution in [0.1, 0.15) is 11.3 Å². The lowest BCUT2D eigenvalue weighted by atomic mass is 10.1. The first-order valence-corrected chi connectivity index (χ1v) is 4.94. The second-order valence-electron chi connectivity index (χ2n) is 3.49. The van der Waals surface area contributed by atoms with Crippen LogP contribution in [-0.2, 0) is 12.7 Å². The molecule has 0 bridgehead atoms. The molecule has 0 atom stereocenters. The molecule has 1 heterocycles. The Labute approximate surface area is 95.5 Å². The zero-order valence-electron chi connectivity index (χ0n) is 8.75. The minimum atomic E-state index is -4.46. The molecule has 0 radical (unpaired) electrons. The molecule has 0 unspecified atom stereocenters. The van der Waals surface area contributed by atoms with E-state index in [9.17, 15) is 13.2 Å². The van der Waals surface area contributed by atoms with Gasteiger partial charge in [0.15, 0.2) is 0 Å². The molecule has 1 aromatic heterocycles. The number of hydrogen-bond donors (Lipinski definition) is 2. The van der Waals surface area contributed by atoms with E-state index in [1.54, 1.807) is 30.3 Å². The zero-order valence-corrected chi connectivity index (χ0v) is 8.75. The summed E-state index contributed by atoms with van der Waals surface area (Å²) in [6.07, 6.45) is -4.46. The van der Waals surface area contributed by atoms with Gasteiger partial charge in [-0.15, -0.1) is 0 Å². The Bertz CT molecular complexity index is 502. The standard InChI is InChI=1S/C11H10F3N3/c12-11(13,14)10-8(6-15)9(16-17-10)7-4-2-1-3-5-7/h1-5H,6,15H2,(H,16,17). The monoisotopic (exact) mass is 241 g/mol. The Morgan fingerprint density at radius 3 is 2.35 bits per heavy atom. The molecule has 3 nitrogen and oxygen atoms in total. The minimum Gasteiger partial charge on any atom is -0.326 e. The number of nitrogens with two attached hydrogens (primary N) is 1. The van der Waals surface area contributed by atoms with Crippen molar-refractivity contribution in [1.82, 2.24) is 10.2 Å². The molecule has 2 rings (SSSR count). The van der Waals surface area contributed by atoms with Crippen molar-refractivity contribution in [3.8, 4) is 11.3 Å². The maximum atomic E-state index is 12.6. The van der Waals surface area contributed by atoms with Crippen LogP contribution in [-0.4, -0.2) is 10.2 Å². The van der Waals surface area contributed by atoms with Crippen LogP contribution < -0.4 is 5.73 Å². The van der Waals surface area contributed by atoms with Gasteiger partial charge in [0.25, 0.3) is 0 Å². The van der Waals surface area contributed by atoms with Crippen LogP contribution in [0.2, 0.25) is 0 Å². The summed E-state index contributed by atoms with van der Waals surface area (Å²) in [4.78, 5) is 0. The minimum absolute atomic E-state index is 0.0105. The number of aromatic nitrogens is 2. The molecule has 3 N–H and O–H groups in total. The van der Waals surface area contributed by atoms with Gasteiger partial charge in [0.05, 0.1) is 5.69 Å². The van der Waals surface area contributed by atoms with Crippen molar-refractivity contribution in [1.29, 1.82) is 0 Å². The lowest BCUT2D eigenvalue weighted by Gasteiger charge is -2.06. The van der Waals surface area contributed by atoms with E-state index in [4.69, 9.17) is 5.73 Å². The Morgan fingerprint density at radius 2 is 1.82 bits per heavy atom. The number of halogens is 3. The molecule has 0 aliphatic carbocycles. The van der Waals surface area contributed by atoms with E-state index in [2.05, 4.69) is 5.10 Å². The Hall–Kier alpha value is -1.82. The van der Waals surface area contributed by atoms with Crippen LogP contribution in [0.15, 0.2) is 30.3 Å². The molecule has 0 saturated carbocycles. The molecule has 17 heavy (non-hydrogen) atoms. The maximum Gasteiger partial charge on any atom is 0.433 e. The Balaban J connectivity index is 2.54. The maximum absolute atomic E-state index is 12.6. The number of aromatic amines is 1. The highest BCUT2D eigenvalue weighted by molar-refractivity contribution is 5.64. The quantitative estimate of drug-likeness (QED) is 0.848. The molecule has 0 spiro atoms. The van der Waals surface area contributed by atoms with Crippen LogP contribution in [0, 0.1) is 0 Å². The highest BCUT2D eigenvalue weighted by Crippen LogP contribution is 2.34. The van der Waals surface area contributed by atoms with E-state index in [-0.39, 0.29) is 17.8 Å². The van der Waals surface area contributed by atoms with E-state index in [1.165, 1.54) is 0 Å². The largest absolute Gasteiger partial charge is 0.433 e. The van der Waals surface area contributed by atoms with Gasteiger partial charge in [-0.3, -0.25) is 5.10 Å². The van der Waals surface area contributed by atoms with Crippen LogP contribution in [0.25, 0.3) is 11.3 Å². The molecule has 0 aliphatic heterocycles. The fourth-order valence-corrected chi connectivity index (χ4v) is 1.63. The number of alkyl halides is 3. The predicted octanol–water partition coefficient (Wildman–Crippen LogP) is 2.55. The molecular formula is C11H10F3N3. The third-order valence-corrected chi connectivity index (χ3v) is 2.40. The number of rotatable bonds is 2. The molecule has 6 heteroatoms. The van der Waals surface area contributed by atoms with Gasteiger partial charge in [0, 0.05) is 17.7 Å². The number of nitrogens with zero attached hydrogens (tertiary/aromatic N) is 1. The van der Waals surface area contributed by atoms with Gasteiger partial charge in [-0.2, -0.15) is 18.3 Å². The summed E-state index contributed by atoms with van der Waals surface area (Å²) >= 11 is 0. The van der Waals surface area contributed by atoms with Crippen molar-refractivity contribution < 1.29 is 13.2 Å². The third kappa shape index (κ3) is 2.16. The van der Waals surface area contributed by atoms with E-state index >= 15 is 0 Å². The molecular weight excluding hydrogens is 231 g/mol. The summed E-state index contributed by atoms with van der Waals surface area (Å²) in [7, 11) is 0. The van der Waals surface area contributed by atoms with Crippen molar-refractivity contribution in [3.05, 3.63) is 41.6 Å². The van der Waals surface area contributed by atoms with Crippen LogP contribution in [0.4, 0.5) is 13.2 Å². The smallest absolute Gasteiger partial charge is 0.326 e. The molecule has 0 saturated heterocycles. The first-order valence-electron chi connectivity index (χ1n) is 4.94. The SMILES string of the molecule is NCc1c(-c2ccccc2)n[nH]c1C(F)(F)F. The molecule has 2 aromatic rings. The summed E-state index contributed by atoms with van der Waals surface area (Å²) < 4.78 is 37.9. The van der Waals surface area contributed by atoms with Crippen LogP contribution in [0.3, 0.4) is 0 Å². The van der Waals surface area contributed by atoms with Gasteiger partial charge in [-0.05, 0) is 0 Å². The Kier molecular flexibility index (Phi) is 2.89. The van der Waals surface area contributed by atoms with Gasteiger partial charge in [-0.25, -0.2) is 0 Å². The van der Waals surface area contributed by atoms with Crippen LogP contribution in [0.5, 0.6) is 0 Å². The number of H-pyrrole nitrogens is 1.